The average Bonchev–Trinajstić information content (AvgIpc) is 2.90. The fourth-order valence-corrected chi connectivity index (χ4v) is 2.29. The highest BCUT2D eigenvalue weighted by molar-refractivity contribution is 6.02. The zero-order valence-corrected chi connectivity index (χ0v) is 11.3. The summed E-state index contributed by atoms with van der Waals surface area (Å²) < 4.78 is 5.42. The van der Waals surface area contributed by atoms with Crippen LogP contribution in [-0.4, -0.2) is 36.7 Å². The number of anilines is 2. The molecule has 2 rings (SSSR count). The van der Waals surface area contributed by atoms with Gasteiger partial charge in [0.05, 0.1) is 23.8 Å². The van der Waals surface area contributed by atoms with E-state index in [2.05, 4.69) is 0 Å². The van der Waals surface area contributed by atoms with Gasteiger partial charge in [0.2, 0.25) is 5.91 Å². The van der Waals surface area contributed by atoms with Crippen molar-refractivity contribution < 1.29 is 19.4 Å². The van der Waals surface area contributed by atoms with Crippen molar-refractivity contribution >= 4 is 23.3 Å². The van der Waals surface area contributed by atoms with E-state index in [1.54, 1.807) is 19.2 Å². The zero-order valence-electron chi connectivity index (χ0n) is 11.3. The minimum atomic E-state index is -1.11. The summed E-state index contributed by atoms with van der Waals surface area (Å²) in [4.78, 5) is 24.8. The van der Waals surface area contributed by atoms with E-state index in [-0.39, 0.29) is 24.0 Å². The fraction of sp³-hybridized carbons (Fsp3) is 0.429. The fourth-order valence-electron chi connectivity index (χ4n) is 2.29. The van der Waals surface area contributed by atoms with Crippen LogP contribution in [0.5, 0.6) is 0 Å². The van der Waals surface area contributed by atoms with Gasteiger partial charge in [-0.25, -0.2) is 4.79 Å². The number of aromatic carboxylic acids is 1. The highest BCUT2D eigenvalue weighted by Gasteiger charge is 2.24. The van der Waals surface area contributed by atoms with Gasteiger partial charge in [-0.3, -0.25) is 4.79 Å². The van der Waals surface area contributed by atoms with E-state index in [1.807, 2.05) is 0 Å². The van der Waals surface area contributed by atoms with Gasteiger partial charge in [0.15, 0.2) is 0 Å². The molecule has 1 amide bonds. The Balaban J connectivity index is 2.17. The summed E-state index contributed by atoms with van der Waals surface area (Å²) in [5.74, 6) is -1.27. The van der Waals surface area contributed by atoms with Gasteiger partial charge in [-0.1, -0.05) is 0 Å². The zero-order chi connectivity index (χ0) is 14.7. The highest BCUT2D eigenvalue weighted by Crippen LogP contribution is 2.24. The monoisotopic (exact) mass is 278 g/mol. The molecular weight excluding hydrogens is 260 g/mol. The Labute approximate surface area is 117 Å². The molecule has 108 valence electrons. The van der Waals surface area contributed by atoms with Gasteiger partial charge in [-0.15, -0.1) is 0 Å². The molecule has 6 heteroatoms. The first-order chi connectivity index (χ1) is 9.49. The molecule has 3 N–H and O–H groups in total. The molecule has 20 heavy (non-hydrogen) atoms. The third kappa shape index (κ3) is 3.08. The number of rotatable bonds is 4. The van der Waals surface area contributed by atoms with Gasteiger partial charge in [0.1, 0.15) is 0 Å². The number of nitrogen functional groups attached to an aromatic ring is 1. The summed E-state index contributed by atoms with van der Waals surface area (Å²) in [6, 6.07) is 4.48. The number of carboxylic acid groups (broad SMARTS) is 1. The lowest BCUT2D eigenvalue weighted by Gasteiger charge is -2.21. The van der Waals surface area contributed by atoms with Crippen molar-refractivity contribution in [3.63, 3.8) is 0 Å². The quantitative estimate of drug-likeness (QED) is 0.814. The molecule has 1 aromatic rings. The van der Waals surface area contributed by atoms with Gasteiger partial charge >= 0.3 is 5.97 Å². The summed E-state index contributed by atoms with van der Waals surface area (Å²) in [7, 11) is 1.56. The SMILES string of the molecule is CN(C(=O)CC1CCCO1)c1ccc(N)cc1C(=O)O. The number of carbonyl (C=O) groups excluding carboxylic acids is 1. The van der Waals surface area contributed by atoms with Crippen molar-refractivity contribution in [3.05, 3.63) is 23.8 Å². The lowest BCUT2D eigenvalue weighted by atomic mass is 10.1. The number of nitrogens with zero attached hydrogens (tertiary/aromatic N) is 1. The van der Waals surface area contributed by atoms with Crippen LogP contribution in [-0.2, 0) is 9.53 Å². The van der Waals surface area contributed by atoms with Crippen LogP contribution in [0.4, 0.5) is 11.4 Å². The molecule has 0 saturated carbocycles. The maximum atomic E-state index is 12.2. The van der Waals surface area contributed by atoms with Crippen LogP contribution < -0.4 is 10.6 Å². The Bertz CT molecular complexity index is 524. The molecule has 1 fully saturated rings. The molecule has 0 aliphatic carbocycles. The first kappa shape index (κ1) is 14.3. The summed E-state index contributed by atoms with van der Waals surface area (Å²) >= 11 is 0. The number of ether oxygens (including phenoxy) is 1. The second-order valence-electron chi connectivity index (χ2n) is 4.87. The predicted molar refractivity (Wildman–Crippen MR) is 74.8 cm³/mol. The van der Waals surface area contributed by atoms with Gasteiger partial charge in [0, 0.05) is 19.3 Å². The molecule has 1 saturated heterocycles. The first-order valence-corrected chi connectivity index (χ1v) is 6.50. The van der Waals surface area contributed by atoms with Gasteiger partial charge in [-0.05, 0) is 31.0 Å². The van der Waals surface area contributed by atoms with Crippen LogP contribution in [0.1, 0.15) is 29.6 Å². The molecular formula is C14H18N2O4. The standard InChI is InChI=1S/C14H18N2O4/c1-16(13(17)8-10-3-2-6-20-10)12-5-4-9(15)7-11(12)14(18)19/h4-5,7,10H,2-3,6,8,15H2,1H3,(H,18,19). The van der Waals surface area contributed by atoms with Gasteiger partial charge < -0.3 is 20.5 Å². The minimum Gasteiger partial charge on any atom is -0.478 e. The highest BCUT2D eigenvalue weighted by atomic mass is 16.5. The van der Waals surface area contributed by atoms with Crippen molar-refractivity contribution in [1.29, 1.82) is 0 Å². The second-order valence-corrected chi connectivity index (χ2v) is 4.87. The number of benzene rings is 1. The Morgan fingerprint density at radius 2 is 2.25 bits per heavy atom. The smallest absolute Gasteiger partial charge is 0.337 e. The van der Waals surface area contributed by atoms with Crippen molar-refractivity contribution in [2.24, 2.45) is 0 Å². The van der Waals surface area contributed by atoms with Crippen molar-refractivity contribution in [2.45, 2.75) is 25.4 Å². The first-order valence-electron chi connectivity index (χ1n) is 6.50. The van der Waals surface area contributed by atoms with E-state index in [1.165, 1.54) is 11.0 Å². The van der Waals surface area contributed by atoms with E-state index in [9.17, 15) is 14.7 Å². The third-order valence-corrected chi connectivity index (χ3v) is 3.41. The second kappa shape index (κ2) is 5.92. The van der Waals surface area contributed by atoms with E-state index in [0.717, 1.165) is 12.8 Å². The minimum absolute atomic E-state index is 0.0215. The van der Waals surface area contributed by atoms with Gasteiger partial charge in [-0.2, -0.15) is 0 Å². The lowest BCUT2D eigenvalue weighted by molar-refractivity contribution is -0.120. The molecule has 1 aromatic carbocycles. The Kier molecular flexibility index (Phi) is 4.24. The molecule has 1 heterocycles. The molecule has 1 aliphatic rings. The largest absolute Gasteiger partial charge is 0.478 e. The molecule has 0 aromatic heterocycles. The van der Waals surface area contributed by atoms with Crippen LogP contribution in [0.25, 0.3) is 0 Å². The van der Waals surface area contributed by atoms with E-state index in [4.69, 9.17) is 10.5 Å². The van der Waals surface area contributed by atoms with Crippen molar-refractivity contribution in [1.82, 2.24) is 0 Å². The summed E-state index contributed by atoms with van der Waals surface area (Å²) in [5, 5.41) is 9.19. The van der Waals surface area contributed by atoms with Crippen LogP contribution in [0, 0.1) is 0 Å². The number of amides is 1. The summed E-state index contributed by atoms with van der Waals surface area (Å²) in [6.07, 6.45) is 2.03. The van der Waals surface area contributed by atoms with Gasteiger partial charge in [0.25, 0.3) is 0 Å². The molecule has 1 unspecified atom stereocenters. The van der Waals surface area contributed by atoms with E-state index in [0.29, 0.717) is 18.0 Å². The topological polar surface area (TPSA) is 92.9 Å². The molecule has 6 nitrogen and oxygen atoms in total. The number of carbonyl (C=O) groups is 2. The molecule has 1 atom stereocenters. The maximum Gasteiger partial charge on any atom is 0.337 e. The predicted octanol–water partition coefficient (Wildman–Crippen LogP) is 1.50. The van der Waals surface area contributed by atoms with Crippen LogP contribution in [0.2, 0.25) is 0 Å². The van der Waals surface area contributed by atoms with Crippen molar-refractivity contribution in [2.75, 3.05) is 24.3 Å². The van der Waals surface area contributed by atoms with Crippen LogP contribution in [0.15, 0.2) is 18.2 Å². The van der Waals surface area contributed by atoms with E-state index >= 15 is 0 Å². The Hall–Kier alpha value is -2.08. The van der Waals surface area contributed by atoms with Crippen LogP contribution in [0.3, 0.4) is 0 Å². The molecule has 0 spiro atoms. The van der Waals surface area contributed by atoms with Crippen LogP contribution >= 0.6 is 0 Å². The molecule has 0 bridgehead atoms. The molecule has 0 radical (unpaired) electrons. The Morgan fingerprint density at radius 1 is 1.50 bits per heavy atom. The summed E-state index contributed by atoms with van der Waals surface area (Å²) in [5.41, 5.74) is 6.30. The number of hydrogen-bond acceptors (Lipinski definition) is 4. The number of carboxylic acids is 1. The maximum absolute atomic E-state index is 12.2. The summed E-state index contributed by atoms with van der Waals surface area (Å²) in [6.45, 7) is 0.684. The number of hydrogen-bond donors (Lipinski definition) is 2. The normalized spacial score (nSPS) is 17.9. The lowest BCUT2D eigenvalue weighted by Crippen LogP contribution is -2.30. The number of nitrogens with two attached hydrogens (primary N) is 1. The van der Waals surface area contributed by atoms with E-state index < -0.39 is 5.97 Å². The Morgan fingerprint density at radius 3 is 2.85 bits per heavy atom. The average molecular weight is 278 g/mol. The van der Waals surface area contributed by atoms with Crippen molar-refractivity contribution in [3.8, 4) is 0 Å². The molecule has 1 aliphatic heterocycles. The third-order valence-electron chi connectivity index (χ3n) is 3.41.